The fourth-order valence-electron chi connectivity index (χ4n) is 3.12. The Morgan fingerprint density at radius 2 is 1.96 bits per heavy atom. The molecule has 0 radical (unpaired) electrons. The molecule has 0 spiro atoms. The van der Waals surface area contributed by atoms with E-state index in [4.69, 9.17) is 0 Å². The van der Waals surface area contributed by atoms with Crippen molar-refractivity contribution in [3.63, 3.8) is 0 Å². The van der Waals surface area contributed by atoms with Gasteiger partial charge in [-0.1, -0.05) is 6.07 Å². The lowest BCUT2D eigenvalue weighted by Crippen LogP contribution is -2.62. The maximum absolute atomic E-state index is 11.2. The van der Waals surface area contributed by atoms with E-state index in [1.165, 1.54) is 9.80 Å². The molecule has 1 fully saturated rings. The lowest BCUT2D eigenvalue weighted by Gasteiger charge is -2.42. The molecule has 132 valence electrons. The van der Waals surface area contributed by atoms with Gasteiger partial charge in [0, 0.05) is 35.3 Å². The quantitative estimate of drug-likeness (QED) is 0.657. The number of rotatable bonds is 5. The van der Waals surface area contributed by atoms with Crippen LogP contribution in [0.25, 0.3) is 0 Å². The largest absolute Gasteiger partial charge is 0.465 e. The van der Waals surface area contributed by atoms with Crippen LogP contribution in [-0.4, -0.2) is 64.5 Å². The normalized spacial score (nSPS) is 16.6. The van der Waals surface area contributed by atoms with Crippen molar-refractivity contribution in [2.24, 2.45) is 0 Å². The number of hydrogen-bond acceptors (Lipinski definition) is 4. The number of thioether (sulfide) groups is 1. The van der Waals surface area contributed by atoms with Crippen molar-refractivity contribution in [1.29, 1.82) is 0 Å². The van der Waals surface area contributed by atoms with Crippen LogP contribution in [0.15, 0.2) is 47.8 Å². The molecule has 3 rings (SSSR count). The smallest absolute Gasteiger partial charge is 0.407 e. The summed E-state index contributed by atoms with van der Waals surface area (Å²) in [5.41, 5.74) is 1.14. The van der Waals surface area contributed by atoms with E-state index < -0.39 is 6.09 Å². The highest BCUT2D eigenvalue weighted by Crippen LogP contribution is 2.26. The molecule has 0 unspecified atom stereocenters. The van der Waals surface area contributed by atoms with Gasteiger partial charge in [0.1, 0.15) is 13.1 Å². The first-order chi connectivity index (χ1) is 12.1. The number of aromatic nitrogens is 2. The molecule has 1 saturated heterocycles. The van der Waals surface area contributed by atoms with E-state index in [-0.39, 0.29) is 0 Å². The van der Waals surface area contributed by atoms with Gasteiger partial charge >= 0.3 is 6.09 Å². The number of hydrogen-bond donors (Lipinski definition) is 1. The van der Waals surface area contributed by atoms with E-state index >= 15 is 0 Å². The number of carbonyl (C=O) groups is 1. The molecule has 1 amide bonds. The minimum atomic E-state index is -0.833. The van der Waals surface area contributed by atoms with Crippen LogP contribution in [0, 0.1) is 6.92 Å². The summed E-state index contributed by atoms with van der Waals surface area (Å²) in [7, 11) is 0. The molecule has 1 aliphatic rings. The summed E-state index contributed by atoms with van der Waals surface area (Å²) < 4.78 is 0.738. The SMILES string of the molecule is Cc1ccc([N+]2(CCSc3ccncc3)CCN(C(=O)O)CC2)nc1. The van der Waals surface area contributed by atoms with Gasteiger partial charge in [0.25, 0.3) is 0 Å². The Labute approximate surface area is 152 Å². The Kier molecular flexibility index (Phi) is 5.55. The second-order valence-electron chi connectivity index (χ2n) is 6.31. The van der Waals surface area contributed by atoms with Crippen LogP contribution in [0.1, 0.15) is 5.56 Å². The minimum absolute atomic E-state index is 0.546. The number of pyridine rings is 2. The van der Waals surface area contributed by atoms with E-state index in [0.717, 1.165) is 41.3 Å². The zero-order chi connectivity index (χ0) is 17.7. The molecular weight excluding hydrogens is 336 g/mol. The van der Waals surface area contributed by atoms with Crippen LogP contribution in [0.4, 0.5) is 10.6 Å². The molecule has 7 heteroatoms. The maximum Gasteiger partial charge on any atom is 0.407 e. The second-order valence-corrected chi connectivity index (χ2v) is 7.48. The summed E-state index contributed by atoms with van der Waals surface area (Å²) in [6.45, 7) is 5.58. The molecule has 1 aliphatic heterocycles. The first-order valence-electron chi connectivity index (χ1n) is 8.39. The van der Waals surface area contributed by atoms with Gasteiger partial charge < -0.3 is 5.11 Å². The van der Waals surface area contributed by atoms with Crippen LogP contribution in [-0.2, 0) is 0 Å². The van der Waals surface area contributed by atoms with Gasteiger partial charge in [0.05, 0.1) is 19.6 Å². The van der Waals surface area contributed by atoms with Crippen molar-refractivity contribution < 1.29 is 9.90 Å². The number of piperazine rings is 1. The Morgan fingerprint density at radius 1 is 1.24 bits per heavy atom. The summed E-state index contributed by atoms with van der Waals surface area (Å²) in [4.78, 5) is 22.6. The second kappa shape index (κ2) is 7.84. The molecule has 0 aromatic carbocycles. The van der Waals surface area contributed by atoms with E-state index in [1.54, 1.807) is 24.2 Å². The molecule has 0 aliphatic carbocycles. The monoisotopic (exact) mass is 359 g/mol. The van der Waals surface area contributed by atoms with Crippen molar-refractivity contribution in [2.75, 3.05) is 38.5 Å². The van der Waals surface area contributed by atoms with Crippen molar-refractivity contribution in [3.8, 4) is 0 Å². The summed E-state index contributed by atoms with van der Waals surface area (Å²) in [5, 5.41) is 9.23. The van der Waals surface area contributed by atoms with Crippen molar-refractivity contribution in [1.82, 2.24) is 19.4 Å². The summed E-state index contributed by atoms with van der Waals surface area (Å²) in [6, 6.07) is 8.20. The molecule has 6 nitrogen and oxygen atoms in total. The standard InChI is InChI=1S/C18H22N4O2S/c1-15-2-3-17(20-14-15)22(10-8-21(9-11-22)18(23)24)12-13-25-16-4-6-19-7-5-16/h2-7,14H,8-13H2,1H3/p+1. The van der Waals surface area contributed by atoms with Crippen molar-refractivity contribution in [3.05, 3.63) is 48.4 Å². The average molecular weight is 359 g/mol. The highest BCUT2D eigenvalue weighted by Gasteiger charge is 2.37. The molecular formula is C18H23N4O2S+. The number of quaternary nitrogens is 1. The lowest BCUT2D eigenvalue weighted by atomic mass is 10.2. The van der Waals surface area contributed by atoms with Crippen molar-refractivity contribution in [2.45, 2.75) is 11.8 Å². The molecule has 0 saturated carbocycles. The minimum Gasteiger partial charge on any atom is -0.465 e. The summed E-state index contributed by atoms with van der Waals surface area (Å²) in [6.07, 6.45) is 4.68. The van der Waals surface area contributed by atoms with Crippen molar-refractivity contribution >= 4 is 23.7 Å². The van der Waals surface area contributed by atoms with Crippen LogP contribution < -0.4 is 4.48 Å². The van der Waals surface area contributed by atoms with Gasteiger partial charge in [-0.05, 0) is 24.6 Å². The fourth-order valence-corrected chi connectivity index (χ4v) is 4.11. The third-order valence-electron chi connectivity index (χ3n) is 4.69. The average Bonchev–Trinajstić information content (AvgIpc) is 2.63. The van der Waals surface area contributed by atoms with Gasteiger partial charge in [0.15, 0.2) is 0 Å². The number of carboxylic acid groups (broad SMARTS) is 1. The number of aryl methyl sites for hydroxylation is 1. The molecule has 1 N–H and O–H groups in total. The molecule has 0 bridgehead atoms. The Morgan fingerprint density at radius 3 is 2.56 bits per heavy atom. The first-order valence-corrected chi connectivity index (χ1v) is 9.38. The van der Waals surface area contributed by atoms with Crippen LogP contribution in [0.5, 0.6) is 0 Å². The molecule has 2 aromatic heterocycles. The first kappa shape index (κ1) is 17.7. The van der Waals surface area contributed by atoms with Gasteiger partial charge in [-0.2, -0.15) is 0 Å². The number of amides is 1. The summed E-state index contributed by atoms with van der Waals surface area (Å²) in [5.74, 6) is 1.98. The van der Waals surface area contributed by atoms with Gasteiger partial charge in [-0.25, -0.2) is 9.78 Å². The Hall–Kier alpha value is -2.12. The zero-order valence-electron chi connectivity index (χ0n) is 14.3. The molecule has 25 heavy (non-hydrogen) atoms. The zero-order valence-corrected chi connectivity index (χ0v) is 15.2. The predicted molar refractivity (Wildman–Crippen MR) is 99.9 cm³/mol. The van der Waals surface area contributed by atoms with Crippen LogP contribution >= 0.6 is 11.8 Å². The van der Waals surface area contributed by atoms with Gasteiger partial charge in [0.2, 0.25) is 5.82 Å². The topological polar surface area (TPSA) is 66.3 Å². The third-order valence-corrected chi connectivity index (χ3v) is 5.68. The van der Waals surface area contributed by atoms with Crippen LogP contribution in [0.2, 0.25) is 0 Å². The predicted octanol–water partition coefficient (Wildman–Crippen LogP) is 2.88. The lowest BCUT2D eigenvalue weighted by molar-refractivity contribution is 0.108. The van der Waals surface area contributed by atoms with E-state index in [1.807, 2.05) is 25.3 Å². The van der Waals surface area contributed by atoms with Crippen LogP contribution in [0.3, 0.4) is 0 Å². The molecule has 3 heterocycles. The number of nitrogens with zero attached hydrogens (tertiary/aromatic N) is 4. The maximum atomic E-state index is 11.2. The molecule has 0 atom stereocenters. The molecule has 2 aromatic rings. The highest BCUT2D eigenvalue weighted by atomic mass is 32.2. The fraction of sp³-hybridized carbons (Fsp3) is 0.389. The van der Waals surface area contributed by atoms with E-state index in [9.17, 15) is 9.90 Å². The van der Waals surface area contributed by atoms with Gasteiger partial charge in [-0.3, -0.25) is 14.4 Å². The van der Waals surface area contributed by atoms with Gasteiger partial charge in [-0.15, -0.1) is 11.8 Å². The Bertz CT molecular complexity index is 701. The Balaban J connectivity index is 1.73. The highest BCUT2D eigenvalue weighted by molar-refractivity contribution is 7.99. The van der Waals surface area contributed by atoms with E-state index in [0.29, 0.717) is 13.1 Å². The van der Waals surface area contributed by atoms with E-state index in [2.05, 4.69) is 22.1 Å². The third kappa shape index (κ3) is 4.29. The summed E-state index contributed by atoms with van der Waals surface area (Å²) >= 11 is 1.80.